The van der Waals surface area contributed by atoms with E-state index in [1.54, 1.807) is 46.0 Å². The SMILES string of the molecule is Cn1cc(-n2ccc(NC(=O)C3(c4ccccc4F)CC3)n2)cn1. The maximum absolute atomic E-state index is 14.0. The molecule has 1 fully saturated rings. The molecule has 24 heavy (non-hydrogen) atoms. The van der Waals surface area contributed by atoms with Crippen molar-refractivity contribution in [3.05, 3.63) is 60.3 Å². The van der Waals surface area contributed by atoms with Gasteiger partial charge in [-0.3, -0.25) is 9.48 Å². The number of amides is 1. The number of carbonyl (C=O) groups excluding carboxylic acids is 1. The average Bonchev–Trinajstić information content (AvgIpc) is 3.05. The van der Waals surface area contributed by atoms with Gasteiger partial charge in [0.2, 0.25) is 5.91 Å². The number of halogens is 1. The minimum absolute atomic E-state index is 0.218. The monoisotopic (exact) mass is 325 g/mol. The van der Waals surface area contributed by atoms with Crippen LogP contribution in [0.3, 0.4) is 0 Å². The first-order valence-corrected chi connectivity index (χ1v) is 7.70. The number of anilines is 1. The molecule has 122 valence electrons. The van der Waals surface area contributed by atoms with E-state index in [1.165, 1.54) is 6.07 Å². The second kappa shape index (κ2) is 5.30. The van der Waals surface area contributed by atoms with E-state index in [2.05, 4.69) is 15.5 Å². The number of hydrogen-bond acceptors (Lipinski definition) is 3. The van der Waals surface area contributed by atoms with Crippen molar-refractivity contribution >= 4 is 11.7 Å². The molecule has 0 radical (unpaired) electrons. The Labute approximate surface area is 137 Å². The minimum Gasteiger partial charge on any atom is -0.308 e. The Hall–Kier alpha value is -2.96. The van der Waals surface area contributed by atoms with E-state index in [0.717, 1.165) is 5.69 Å². The average molecular weight is 325 g/mol. The Morgan fingerprint density at radius 2 is 2.08 bits per heavy atom. The fraction of sp³-hybridized carbons (Fsp3) is 0.235. The van der Waals surface area contributed by atoms with E-state index in [4.69, 9.17) is 0 Å². The lowest BCUT2D eigenvalue weighted by atomic mass is 9.94. The van der Waals surface area contributed by atoms with Crippen LogP contribution in [0.2, 0.25) is 0 Å². The van der Waals surface area contributed by atoms with Crippen molar-refractivity contribution in [1.29, 1.82) is 0 Å². The third-order valence-corrected chi connectivity index (χ3v) is 4.36. The summed E-state index contributed by atoms with van der Waals surface area (Å²) >= 11 is 0. The molecule has 0 atom stereocenters. The second-order valence-electron chi connectivity index (χ2n) is 6.03. The number of benzene rings is 1. The highest BCUT2D eigenvalue weighted by atomic mass is 19.1. The Bertz CT molecular complexity index is 909. The van der Waals surface area contributed by atoms with Crippen LogP contribution in [0.4, 0.5) is 10.2 Å². The fourth-order valence-electron chi connectivity index (χ4n) is 2.89. The molecule has 1 N–H and O–H groups in total. The summed E-state index contributed by atoms with van der Waals surface area (Å²) in [7, 11) is 1.82. The molecule has 1 aliphatic carbocycles. The lowest BCUT2D eigenvalue weighted by Gasteiger charge is -2.15. The van der Waals surface area contributed by atoms with Crippen LogP contribution in [0.1, 0.15) is 18.4 Å². The Morgan fingerprint density at radius 3 is 2.75 bits per heavy atom. The van der Waals surface area contributed by atoms with Crippen LogP contribution in [0.25, 0.3) is 5.69 Å². The molecule has 1 amide bonds. The van der Waals surface area contributed by atoms with Gasteiger partial charge in [0.05, 0.1) is 17.8 Å². The molecule has 4 rings (SSSR count). The first kappa shape index (κ1) is 14.6. The first-order valence-electron chi connectivity index (χ1n) is 7.70. The zero-order chi connectivity index (χ0) is 16.7. The number of aromatic nitrogens is 4. The van der Waals surface area contributed by atoms with Gasteiger partial charge in [-0.1, -0.05) is 18.2 Å². The molecule has 2 aromatic heterocycles. The van der Waals surface area contributed by atoms with Crippen molar-refractivity contribution in [2.24, 2.45) is 7.05 Å². The predicted molar refractivity (Wildman–Crippen MR) is 86.3 cm³/mol. The third-order valence-electron chi connectivity index (χ3n) is 4.36. The van der Waals surface area contributed by atoms with Gasteiger partial charge in [0.15, 0.2) is 5.82 Å². The lowest BCUT2D eigenvalue weighted by Crippen LogP contribution is -2.28. The van der Waals surface area contributed by atoms with Crippen molar-refractivity contribution in [3.8, 4) is 5.69 Å². The number of nitrogens with zero attached hydrogens (tertiary/aromatic N) is 4. The van der Waals surface area contributed by atoms with Crippen molar-refractivity contribution < 1.29 is 9.18 Å². The van der Waals surface area contributed by atoms with E-state index in [-0.39, 0.29) is 11.7 Å². The molecule has 0 unspecified atom stereocenters. The molecule has 6 nitrogen and oxygen atoms in total. The molecule has 0 bridgehead atoms. The van der Waals surface area contributed by atoms with Crippen molar-refractivity contribution in [2.45, 2.75) is 18.3 Å². The van der Waals surface area contributed by atoms with Gasteiger partial charge >= 0.3 is 0 Å². The number of rotatable bonds is 4. The summed E-state index contributed by atoms with van der Waals surface area (Å²) in [5.74, 6) is -0.124. The molecule has 0 spiro atoms. The molecule has 3 aromatic rings. The largest absolute Gasteiger partial charge is 0.308 e. The van der Waals surface area contributed by atoms with E-state index in [1.807, 2.05) is 13.2 Å². The summed E-state index contributed by atoms with van der Waals surface area (Å²) in [6.07, 6.45) is 6.53. The van der Waals surface area contributed by atoms with Gasteiger partial charge < -0.3 is 5.32 Å². The van der Waals surface area contributed by atoms with Crippen LogP contribution in [0.5, 0.6) is 0 Å². The summed E-state index contributed by atoms with van der Waals surface area (Å²) in [5, 5.41) is 11.2. The standard InChI is InChI=1S/C17H16FN5O/c1-22-11-12(10-19-22)23-9-6-15(21-23)20-16(24)17(7-8-17)13-4-2-3-5-14(13)18/h2-6,9-11H,7-8H2,1H3,(H,20,21,24). The topological polar surface area (TPSA) is 64.7 Å². The summed E-state index contributed by atoms with van der Waals surface area (Å²) < 4.78 is 17.3. The van der Waals surface area contributed by atoms with Crippen molar-refractivity contribution in [1.82, 2.24) is 19.6 Å². The van der Waals surface area contributed by atoms with Crippen molar-refractivity contribution in [3.63, 3.8) is 0 Å². The third kappa shape index (κ3) is 2.38. The highest BCUT2D eigenvalue weighted by Crippen LogP contribution is 2.49. The number of carbonyl (C=O) groups is 1. The van der Waals surface area contributed by atoms with Gasteiger partial charge in [0.25, 0.3) is 0 Å². The van der Waals surface area contributed by atoms with Gasteiger partial charge in [-0.05, 0) is 18.9 Å². The quantitative estimate of drug-likeness (QED) is 0.801. The van der Waals surface area contributed by atoms with Gasteiger partial charge in [-0.15, -0.1) is 5.10 Å². The minimum atomic E-state index is -0.774. The maximum atomic E-state index is 14.0. The van der Waals surface area contributed by atoms with E-state index >= 15 is 0 Å². The van der Waals surface area contributed by atoms with Crippen LogP contribution >= 0.6 is 0 Å². The fourth-order valence-corrected chi connectivity index (χ4v) is 2.89. The highest BCUT2D eigenvalue weighted by Gasteiger charge is 2.52. The van der Waals surface area contributed by atoms with Crippen LogP contribution < -0.4 is 5.32 Å². The number of aryl methyl sites for hydroxylation is 1. The zero-order valence-corrected chi connectivity index (χ0v) is 13.1. The van der Waals surface area contributed by atoms with Gasteiger partial charge in [0, 0.05) is 24.9 Å². The summed E-state index contributed by atoms with van der Waals surface area (Å²) in [6.45, 7) is 0. The smallest absolute Gasteiger partial charge is 0.236 e. The molecular formula is C17H16FN5O. The Morgan fingerprint density at radius 1 is 1.29 bits per heavy atom. The van der Waals surface area contributed by atoms with E-state index in [9.17, 15) is 9.18 Å². The van der Waals surface area contributed by atoms with Crippen LogP contribution in [-0.4, -0.2) is 25.5 Å². The van der Waals surface area contributed by atoms with E-state index in [0.29, 0.717) is 24.2 Å². The van der Waals surface area contributed by atoms with Gasteiger partial charge in [-0.25, -0.2) is 9.07 Å². The molecule has 7 heteroatoms. The summed E-state index contributed by atoms with van der Waals surface area (Å²) in [4.78, 5) is 12.7. The van der Waals surface area contributed by atoms with E-state index < -0.39 is 5.41 Å². The highest BCUT2D eigenvalue weighted by molar-refractivity contribution is 6.00. The molecule has 1 aromatic carbocycles. The van der Waals surface area contributed by atoms with Crippen molar-refractivity contribution in [2.75, 3.05) is 5.32 Å². The Balaban J connectivity index is 1.55. The second-order valence-corrected chi connectivity index (χ2v) is 6.03. The molecule has 1 saturated carbocycles. The van der Waals surface area contributed by atoms with Crippen LogP contribution in [0, 0.1) is 5.82 Å². The normalized spacial score (nSPS) is 15.2. The molecule has 1 aliphatic rings. The van der Waals surface area contributed by atoms with Crippen LogP contribution in [-0.2, 0) is 17.3 Å². The first-order chi connectivity index (χ1) is 11.6. The maximum Gasteiger partial charge on any atom is 0.236 e. The van der Waals surface area contributed by atoms with Gasteiger partial charge in [0.1, 0.15) is 11.5 Å². The predicted octanol–water partition coefficient (Wildman–Crippen LogP) is 2.42. The molecule has 0 aliphatic heterocycles. The molecule has 0 saturated heterocycles. The lowest BCUT2D eigenvalue weighted by molar-refractivity contribution is -0.118. The summed E-state index contributed by atoms with van der Waals surface area (Å²) in [6, 6.07) is 8.16. The summed E-state index contributed by atoms with van der Waals surface area (Å²) in [5.41, 5.74) is 0.478. The number of hydrogen-bond donors (Lipinski definition) is 1. The van der Waals surface area contributed by atoms with Gasteiger partial charge in [-0.2, -0.15) is 5.10 Å². The molecular weight excluding hydrogens is 309 g/mol. The zero-order valence-electron chi connectivity index (χ0n) is 13.1. The van der Waals surface area contributed by atoms with Crippen LogP contribution in [0.15, 0.2) is 48.9 Å². The molecule has 2 heterocycles. The number of nitrogens with one attached hydrogen (secondary N) is 1. The Kier molecular flexibility index (Phi) is 3.23.